The van der Waals surface area contributed by atoms with E-state index in [4.69, 9.17) is 4.84 Å². The van der Waals surface area contributed by atoms with Gasteiger partial charge in [-0.2, -0.15) is 13.2 Å². The van der Waals surface area contributed by atoms with Crippen LogP contribution in [0.5, 0.6) is 0 Å². The third kappa shape index (κ3) is 3.36. The maximum atomic E-state index is 13.1. The summed E-state index contributed by atoms with van der Waals surface area (Å²) in [4.78, 5) is 56.0. The molecule has 7 nitrogen and oxygen atoms in total. The van der Waals surface area contributed by atoms with Gasteiger partial charge in [-0.05, 0) is 55.5 Å². The van der Waals surface area contributed by atoms with Crippen molar-refractivity contribution in [3.05, 3.63) is 64.7 Å². The summed E-state index contributed by atoms with van der Waals surface area (Å²) in [5.41, 5.74) is 0.416. The Hall–Kier alpha value is -3.69. The van der Waals surface area contributed by atoms with Gasteiger partial charge in [0.15, 0.2) is 0 Å². The van der Waals surface area contributed by atoms with E-state index in [2.05, 4.69) is 0 Å². The van der Waals surface area contributed by atoms with E-state index in [0.717, 1.165) is 4.90 Å². The van der Waals surface area contributed by atoms with E-state index in [1.165, 1.54) is 18.2 Å². The lowest BCUT2D eigenvalue weighted by Gasteiger charge is -2.21. The van der Waals surface area contributed by atoms with E-state index in [0.29, 0.717) is 22.6 Å². The van der Waals surface area contributed by atoms with Gasteiger partial charge in [0, 0.05) is 5.69 Å². The van der Waals surface area contributed by atoms with Crippen molar-refractivity contribution in [2.24, 2.45) is 5.92 Å². The third-order valence-corrected chi connectivity index (χ3v) is 6.56. The van der Waals surface area contributed by atoms with Crippen LogP contribution in [-0.4, -0.2) is 41.5 Å². The van der Waals surface area contributed by atoms with Crippen LogP contribution in [0.4, 0.5) is 18.9 Å². The lowest BCUT2D eigenvalue weighted by atomic mass is 9.85. The number of hydrogen-bond donors (Lipinski definition) is 0. The summed E-state index contributed by atoms with van der Waals surface area (Å²) in [7, 11) is 0. The van der Waals surface area contributed by atoms with E-state index in [1.807, 2.05) is 0 Å². The Morgan fingerprint density at radius 3 is 2.26 bits per heavy atom. The van der Waals surface area contributed by atoms with E-state index >= 15 is 0 Å². The minimum absolute atomic E-state index is 0.142. The van der Waals surface area contributed by atoms with Gasteiger partial charge in [-0.3, -0.25) is 14.4 Å². The van der Waals surface area contributed by atoms with Crippen LogP contribution in [0.2, 0.25) is 0 Å². The van der Waals surface area contributed by atoms with Gasteiger partial charge in [0.1, 0.15) is 6.54 Å². The van der Waals surface area contributed by atoms with E-state index in [-0.39, 0.29) is 22.7 Å². The zero-order chi connectivity index (χ0) is 24.6. The van der Waals surface area contributed by atoms with Gasteiger partial charge < -0.3 is 9.74 Å². The number of anilines is 1. The van der Waals surface area contributed by atoms with Crippen molar-refractivity contribution in [3.63, 3.8) is 0 Å². The number of alkyl halides is 3. The first-order valence-electron chi connectivity index (χ1n) is 10.6. The molecule has 2 aromatic rings. The van der Waals surface area contributed by atoms with Crippen LogP contribution in [0.25, 0.3) is 0 Å². The molecule has 34 heavy (non-hydrogen) atoms. The number of carbonyl (C=O) groups excluding carboxylic acids is 4. The summed E-state index contributed by atoms with van der Waals surface area (Å²) in [5, 5.41) is 0.442. The molecule has 1 fully saturated rings. The topological polar surface area (TPSA) is 84.0 Å². The van der Waals surface area contributed by atoms with Gasteiger partial charge in [-0.25, -0.2) is 4.79 Å². The minimum atomic E-state index is -4.57. The predicted molar refractivity (Wildman–Crippen MR) is 112 cm³/mol. The highest BCUT2D eigenvalue weighted by Gasteiger charge is 2.51. The van der Waals surface area contributed by atoms with Crippen molar-refractivity contribution < 1.29 is 37.2 Å². The molecule has 2 atom stereocenters. The molecule has 2 aliphatic heterocycles. The Kier molecular flexibility index (Phi) is 4.65. The molecule has 5 rings (SSSR count). The smallest absolute Gasteiger partial charge is 0.329 e. The van der Waals surface area contributed by atoms with Crippen LogP contribution in [0.15, 0.2) is 42.5 Å². The maximum Gasteiger partial charge on any atom is 0.406 e. The lowest BCUT2D eigenvalue weighted by molar-refractivity contribution is -0.170. The molecule has 1 aliphatic carbocycles. The molecule has 2 aromatic carbocycles. The molecule has 2 heterocycles. The highest BCUT2D eigenvalue weighted by Crippen LogP contribution is 2.51. The summed E-state index contributed by atoms with van der Waals surface area (Å²) in [6.07, 6.45) is -4.22. The molecule has 0 unspecified atom stereocenters. The Labute approximate surface area is 192 Å². The molecule has 0 saturated heterocycles. The number of amides is 3. The Morgan fingerprint density at radius 2 is 1.68 bits per heavy atom. The number of benzene rings is 2. The highest BCUT2D eigenvalue weighted by atomic mass is 19.4. The van der Waals surface area contributed by atoms with E-state index in [9.17, 15) is 32.3 Å². The molecular weight excluding hydrogens is 453 g/mol. The number of nitrogens with zero attached hydrogens (tertiary/aromatic N) is 2. The van der Waals surface area contributed by atoms with Crippen LogP contribution in [0, 0.1) is 5.92 Å². The van der Waals surface area contributed by atoms with Gasteiger partial charge in [0.25, 0.3) is 11.8 Å². The van der Waals surface area contributed by atoms with Crippen molar-refractivity contribution in [2.45, 2.75) is 37.8 Å². The second-order valence-electron chi connectivity index (χ2n) is 9.22. The quantitative estimate of drug-likeness (QED) is 0.634. The van der Waals surface area contributed by atoms with Gasteiger partial charge in [-0.1, -0.05) is 29.3 Å². The number of hydrogen-bond acceptors (Lipinski definition) is 5. The lowest BCUT2D eigenvalue weighted by Crippen LogP contribution is -2.41. The van der Waals surface area contributed by atoms with Gasteiger partial charge in [-0.15, -0.1) is 0 Å². The molecule has 176 valence electrons. The van der Waals surface area contributed by atoms with Crippen molar-refractivity contribution in [3.8, 4) is 0 Å². The molecule has 0 N–H and O–H groups in total. The zero-order valence-corrected chi connectivity index (χ0v) is 18.2. The predicted octanol–water partition coefficient (Wildman–Crippen LogP) is 3.73. The fourth-order valence-electron chi connectivity index (χ4n) is 4.66. The largest absolute Gasteiger partial charge is 0.406 e. The summed E-state index contributed by atoms with van der Waals surface area (Å²) >= 11 is 0. The molecule has 3 amide bonds. The summed E-state index contributed by atoms with van der Waals surface area (Å²) < 4.78 is 39.3. The fourth-order valence-corrected chi connectivity index (χ4v) is 4.66. The van der Waals surface area contributed by atoms with Crippen molar-refractivity contribution in [2.75, 3.05) is 11.4 Å². The fraction of sp³-hybridized carbons (Fsp3) is 0.333. The standard InChI is InChI=1S/C24H19F3N2O5/c1-23(2)17-8-7-12(9-18(17)28(22(23)33)11-24(25,26)27)15-10-16(15)21(32)34-29-19(30)13-5-3-4-6-14(13)20(29)31/h3-9,15-16H,10-11H2,1-2H3/t15-,16+/m0/s1. The molecule has 0 spiro atoms. The molecule has 0 radical (unpaired) electrons. The normalized spacial score (nSPS) is 22.7. The molecule has 1 saturated carbocycles. The van der Waals surface area contributed by atoms with Crippen LogP contribution < -0.4 is 4.90 Å². The number of carbonyl (C=O) groups is 4. The van der Waals surface area contributed by atoms with Crippen molar-refractivity contribution in [1.29, 1.82) is 0 Å². The minimum Gasteiger partial charge on any atom is -0.329 e. The average Bonchev–Trinajstić information content (AvgIpc) is 3.52. The van der Waals surface area contributed by atoms with Crippen LogP contribution in [-0.2, 0) is 19.8 Å². The molecular formula is C24H19F3N2O5. The average molecular weight is 472 g/mol. The summed E-state index contributed by atoms with van der Waals surface area (Å²) in [6.45, 7) is 1.74. The van der Waals surface area contributed by atoms with E-state index < -0.39 is 47.7 Å². The molecule has 3 aliphatic rings. The van der Waals surface area contributed by atoms with E-state index in [1.54, 1.807) is 38.1 Å². The highest BCUT2D eigenvalue weighted by molar-refractivity contribution is 6.21. The van der Waals surface area contributed by atoms with Crippen LogP contribution >= 0.6 is 0 Å². The maximum absolute atomic E-state index is 13.1. The van der Waals surface area contributed by atoms with Gasteiger partial charge in [0.05, 0.1) is 22.5 Å². The van der Waals surface area contributed by atoms with Gasteiger partial charge in [0.2, 0.25) is 5.91 Å². The SMILES string of the molecule is CC1(C)C(=O)N(CC(F)(F)F)c2cc([C@@H]3C[C@H]3C(=O)ON3C(=O)c4ccccc4C3=O)ccc21. The summed E-state index contributed by atoms with van der Waals surface area (Å²) in [6, 6.07) is 10.9. The Bertz CT molecular complexity index is 1230. The number of hydroxylamine groups is 2. The molecule has 0 bridgehead atoms. The molecule has 10 heteroatoms. The first kappa shape index (κ1) is 22.1. The van der Waals surface area contributed by atoms with Crippen molar-refractivity contribution in [1.82, 2.24) is 5.06 Å². The number of fused-ring (bicyclic) bond motifs is 2. The number of halogens is 3. The number of rotatable bonds is 4. The van der Waals surface area contributed by atoms with Gasteiger partial charge >= 0.3 is 12.1 Å². The Morgan fingerprint density at radius 1 is 1.06 bits per heavy atom. The summed E-state index contributed by atoms with van der Waals surface area (Å²) in [5.74, 6) is -3.90. The van der Waals surface area contributed by atoms with Crippen LogP contribution in [0.3, 0.4) is 0 Å². The van der Waals surface area contributed by atoms with Crippen molar-refractivity contribution >= 4 is 29.4 Å². The first-order valence-corrected chi connectivity index (χ1v) is 10.6. The van der Waals surface area contributed by atoms with Crippen LogP contribution in [0.1, 0.15) is 58.0 Å². The zero-order valence-electron chi connectivity index (χ0n) is 18.2. The second-order valence-corrected chi connectivity index (χ2v) is 9.22. The Balaban J connectivity index is 1.34. The first-order chi connectivity index (χ1) is 15.9. The second kappa shape index (κ2) is 7.15. The molecule has 0 aromatic heterocycles. The number of imide groups is 1. The monoisotopic (exact) mass is 472 g/mol. The third-order valence-electron chi connectivity index (χ3n) is 6.56.